The number of hydrogen-bond donors (Lipinski definition) is 1. The summed E-state index contributed by atoms with van der Waals surface area (Å²) in [5.41, 5.74) is 7.74. The minimum Gasteiger partial charge on any atom is -0.337 e. The average molecular weight is 377 g/mol. The Morgan fingerprint density at radius 1 is 1.32 bits per heavy atom. The van der Waals surface area contributed by atoms with Gasteiger partial charge in [-0.1, -0.05) is 25.1 Å². The van der Waals surface area contributed by atoms with E-state index in [0.717, 1.165) is 31.0 Å². The fourth-order valence-electron chi connectivity index (χ4n) is 4.96. The van der Waals surface area contributed by atoms with Crippen LogP contribution in [-0.4, -0.2) is 40.2 Å². The Labute approximate surface area is 166 Å². The molecule has 0 bridgehead atoms. The maximum Gasteiger partial charge on any atom is 0.246 e. The summed E-state index contributed by atoms with van der Waals surface area (Å²) in [6, 6.07) is 7.08. The molecule has 3 heterocycles. The van der Waals surface area contributed by atoms with Crippen molar-refractivity contribution in [3.05, 3.63) is 58.9 Å². The van der Waals surface area contributed by atoms with Crippen LogP contribution in [0.2, 0.25) is 0 Å². The lowest BCUT2D eigenvalue weighted by molar-refractivity contribution is -0.126. The van der Waals surface area contributed by atoms with E-state index >= 15 is 0 Å². The number of benzene rings is 1. The van der Waals surface area contributed by atoms with Crippen LogP contribution in [0.25, 0.3) is 5.69 Å². The highest BCUT2D eigenvalue weighted by Gasteiger charge is 2.33. The van der Waals surface area contributed by atoms with Crippen molar-refractivity contribution in [1.29, 1.82) is 0 Å². The molecule has 0 spiro atoms. The van der Waals surface area contributed by atoms with Crippen molar-refractivity contribution < 1.29 is 4.79 Å². The lowest BCUT2D eigenvalue weighted by Gasteiger charge is -2.29. The van der Waals surface area contributed by atoms with Crippen LogP contribution in [0, 0.1) is 6.92 Å². The summed E-state index contributed by atoms with van der Waals surface area (Å²) in [7, 11) is 0. The molecule has 28 heavy (non-hydrogen) atoms. The van der Waals surface area contributed by atoms with E-state index in [1.165, 1.54) is 53.4 Å². The van der Waals surface area contributed by atoms with Gasteiger partial charge in [-0.25, -0.2) is 4.68 Å². The molecule has 1 aliphatic carbocycles. The molecule has 1 unspecified atom stereocenters. The Kier molecular flexibility index (Phi) is 4.35. The van der Waals surface area contributed by atoms with Gasteiger partial charge < -0.3 is 10.2 Å². The third-order valence-electron chi connectivity index (χ3n) is 6.73. The fraction of sp³-hybridized carbons (Fsp3) is 0.478. The minimum absolute atomic E-state index is 0.00869. The van der Waals surface area contributed by atoms with Gasteiger partial charge in [0.25, 0.3) is 0 Å². The monoisotopic (exact) mass is 376 g/mol. The SMILES string of the molecule is C=CC(=O)N1CCc2nn(-c3ccc(C4CCC4)cc3C)c3c2C(C1)NCC3. The molecule has 1 N–H and O–H groups in total. The van der Waals surface area contributed by atoms with Gasteiger partial charge in [0.15, 0.2) is 0 Å². The summed E-state index contributed by atoms with van der Waals surface area (Å²) in [5.74, 6) is 0.761. The molecule has 1 fully saturated rings. The molecular weight excluding hydrogens is 348 g/mol. The van der Waals surface area contributed by atoms with Crippen molar-refractivity contribution in [1.82, 2.24) is 20.0 Å². The highest BCUT2D eigenvalue weighted by atomic mass is 16.2. The predicted octanol–water partition coefficient (Wildman–Crippen LogP) is 3.21. The number of carbonyl (C=O) groups is 1. The van der Waals surface area contributed by atoms with Crippen LogP contribution >= 0.6 is 0 Å². The molecule has 0 saturated heterocycles. The molecule has 1 saturated carbocycles. The number of nitrogens with zero attached hydrogens (tertiary/aromatic N) is 3. The maximum atomic E-state index is 12.2. The number of nitrogens with one attached hydrogen (secondary N) is 1. The summed E-state index contributed by atoms with van der Waals surface area (Å²) >= 11 is 0. The molecule has 2 aromatic rings. The van der Waals surface area contributed by atoms with Gasteiger partial charge in [0.05, 0.1) is 23.1 Å². The normalized spacial score (nSPS) is 21.6. The summed E-state index contributed by atoms with van der Waals surface area (Å²) in [5, 5.41) is 8.65. The van der Waals surface area contributed by atoms with Crippen molar-refractivity contribution in [3.8, 4) is 5.69 Å². The second kappa shape index (κ2) is 6.89. The third-order valence-corrected chi connectivity index (χ3v) is 6.73. The Balaban J connectivity index is 1.52. The Morgan fingerprint density at radius 3 is 2.89 bits per heavy atom. The van der Waals surface area contributed by atoms with Crippen LogP contribution in [0.5, 0.6) is 0 Å². The van der Waals surface area contributed by atoms with Crippen molar-refractivity contribution >= 4 is 5.91 Å². The first-order valence-electron chi connectivity index (χ1n) is 10.5. The lowest BCUT2D eigenvalue weighted by Crippen LogP contribution is -2.40. The molecule has 1 aromatic heterocycles. The van der Waals surface area contributed by atoms with E-state index in [2.05, 4.69) is 41.7 Å². The highest BCUT2D eigenvalue weighted by Crippen LogP contribution is 2.38. The predicted molar refractivity (Wildman–Crippen MR) is 110 cm³/mol. The van der Waals surface area contributed by atoms with Crippen molar-refractivity contribution in [3.63, 3.8) is 0 Å². The molecule has 2 aliphatic heterocycles. The van der Waals surface area contributed by atoms with E-state index in [0.29, 0.717) is 13.1 Å². The fourth-order valence-corrected chi connectivity index (χ4v) is 4.96. The van der Waals surface area contributed by atoms with E-state index in [-0.39, 0.29) is 11.9 Å². The van der Waals surface area contributed by atoms with Gasteiger partial charge >= 0.3 is 0 Å². The summed E-state index contributed by atoms with van der Waals surface area (Å²) in [6.07, 6.45) is 7.20. The first-order chi connectivity index (χ1) is 13.7. The van der Waals surface area contributed by atoms with Gasteiger partial charge in [-0.05, 0) is 49.0 Å². The van der Waals surface area contributed by atoms with Gasteiger partial charge in [0.1, 0.15) is 0 Å². The topological polar surface area (TPSA) is 50.2 Å². The van der Waals surface area contributed by atoms with Gasteiger partial charge in [0.2, 0.25) is 5.91 Å². The number of aryl methyl sites for hydroxylation is 1. The van der Waals surface area contributed by atoms with Gasteiger partial charge in [0, 0.05) is 38.0 Å². The number of rotatable bonds is 3. The second-order valence-corrected chi connectivity index (χ2v) is 8.39. The largest absolute Gasteiger partial charge is 0.337 e. The van der Waals surface area contributed by atoms with Crippen LogP contribution < -0.4 is 5.32 Å². The van der Waals surface area contributed by atoms with Crippen LogP contribution in [0.1, 0.15) is 59.3 Å². The van der Waals surface area contributed by atoms with Gasteiger partial charge in [-0.3, -0.25) is 4.79 Å². The molecule has 3 aliphatic rings. The van der Waals surface area contributed by atoms with Crippen LogP contribution in [0.15, 0.2) is 30.9 Å². The number of hydrogen-bond acceptors (Lipinski definition) is 3. The van der Waals surface area contributed by atoms with Crippen LogP contribution in [-0.2, 0) is 17.6 Å². The third kappa shape index (κ3) is 2.80. The lowest BCUT2D eigenvalue weighted by atomic mass is 9.79. The van der Waals surface area contributed by atoms with Crippen LogP contribution in [0.3, 0.4) is 0 Å². The van der Waals surface area contributed by atoms with E-state index in [4.69, 9.17) is 5.10 Å². The van der Waals surface area contributed by atoms with E-state index in [9.17, 15) is 4.79 Å². The first kappa shape index (κ1) is 17.7. The van der Waals surface area contributed by atoms with Crippen molar-refractivity contribution in [2.24, 2.45) is 0 Å². The molecular formula is C23H28N4O. The first-order valence-corrected chi connectivity index (χ1v) is 10.5. The minimum atomic E-state index is 0.00869. The molecule has 1 atom stereocenters. The Bertz CT molecular complexity index is 940. The van der Waals surface area contributed by atoms with Crippen molar-refractivity contribution in [2.45, 2.75) is 51.0 Å². The van der Waals surface area contributed by atoms with Gasteiger partial charge in [-0.2, -0.15) is 5.10 Å². The Hall–Kier alpha value is -2.40. The van der Waals surface area contributed by atoms with E-state index < -0.39 is 0 Å². The molecule has 146 valence electrons. The zero-order valence-electron chi connectivity index (χ0n) is 16.6. The molecule has 5 nitrogen and oxygen atoms in total. The second-order valence-electron chi connectivity index (χ2n) is 8.39. The zero-order valence-corrected chi connectivity index (χ0v) is 16.6. The number of amides is 1. The zero-order chi connectivity index (χ0) is 19.3. The highest BCUT2D eigenvalue weighted by molar-refractivity contribution is 5.87. The quantitative estimate of drug-likeness (QED) is 0.837. The molecule has 1 aromatic carbocycles. The summed E-state index contributed by atoms with van der Waals surface area (Å²) < 4.78 is 2.18. The van der Waals surface area contributed by atoms with E-state index in [1.807, 2.05) is 4.90 Å². The standard InChI is InChI=1S/C23H28N4O/c1-3-22(28)26-12-10-18-23-19(14-26)24-11-9-21(23)27(25-18)20-8-7-17(13-15(20)2)16-5-4-6-16/h3,7-8,13,16,19,24H,1,4-6,9-12,14H2,2H3. The summed E-state index contributed by atoms with van der Waals surface area (Å²) in [4.78, 5) is 14.1. The van der Waals surface area contributed by atoms with Gasteiger partial charge in [-0.15, -0.1) is 0 Å². The number of carbonyl (C=O) groups excluding carboxylic acids is 1. The van der Waals surface area contributed by atoms with Crippen molar-refractivity contribution in [2.75, 3.05) is 19.6 Å². The molecule has 5 rings (SSSR count). The Morgan fingerprint density at radius 2 is 2.18 bits per heavy atom. The molecule has 0 radical (unpaired) electrons. The molecule has 5 heteroatoms. The maximum absolute atomic E-state index is 12.2. The smallest absolute Gasteiger partial charge is 0.246 e. The van der Waals surface area contributed by atoms with E-state index in [1.54, 1.807) is 0 Å². The summed E-state index contributed by atoms with van der Waals surface area (Å²) in [6.45, 7) is 8.16. The van der Waals surface area contributed by atoms with Crippen LogP contribution in [0.4, 0.5) is 0 Å². The average Bonchev–Trinajstić information content (AvgIpc) is 2.91. The number of aromatic nitrogens is 2. The molecule has 1 amide bonds.